The monoisotopic (exact) mass is 386 g/mol. The van der Waals surface area contributed by atoms with Gasteiger partial charge in [0.25, 0.3) is 5.91 Å². The SMILES string of the molecule is CC(C)CC(NC(=O)c1ccc(Cl)cc1Cl)C(=O)N1CCOC(C)C1. The van der Waals surface area contributed by atoms with Crippen LogP contribution < -0.4 is 5.32 Å². The van der Waals surface area contributed by atoms with Gasteiger partial charge in [-0.15, -0.1) is 0 Å². The second-order valence-electron chi connectivity index (χ2n) is 6.75. The maximum absolute atomic E-state index is 12.9. The number of ether oxygens (including phenoxy) is 1. The molecule has 0 saturated carbocycles. The van der Waals surface area contributed by atoms with Gasteiger partial charge in [0, 0.05) is 18.1 Å². The van der Waals surface area contributed by atoms with E-state index in [-0.39, 0.29) is 28.9 Å². The molecule has 2 unspecified atom stereocenters. The molecule has 2 amide bonds. The molecule has 1 aliphatic heterocycles. The predicted octanol–water partition coefficient (Wildman–Crippen LogP) is 3.39. The number of hydrogen-bond donors (Lipinski definition) is 1. The fourth-order valence-electron chi connectivity index (χ4n) is 2.84. The summed E-state index contributed by atoms with van der Waals surface area (Å²) >= 11 is 12.0. The number of carbonyl (C=O) groups is 2. The molecule has 1 heterocycles. The van der Waals surface area contributed by atoms with E-state index < -0.39 is 6.04 Å². The molecule has 1 fully saturated rings. The normalized spacial score (nSPS) is 19.0. The lowest BCUT2D eigenvalue weighted by Gasteiger charge is -2.34. The Balaban J connectivity index is 2.13. The van der Waals surface area contributed by atoms with Crippen molar-refractivity contribution in [1.29, 1.82) is 0 Å². The molecule has 0 radical (unpaired) electrons. The second-order valence-corrected chi connectivity index (χ2v) is 7.59. The van der Waals surface area contributed by atoms with Gasteiger partial charge in [-0.3, -0.25) is 9.59 Å². The van der Waals surface area contributed by atoms with Gasteiger partial charge in [-0.2, -0.15) is 0 Å². The van der Waals surface area contributed by atoms with Crippen LogP contribution in [0.5, 0.6) is 0 Å². The molecule has 1 saturated heterocycles. The van der Waals surface area contributed by atoms with Crippen molar-refractivity contribution in [2.75, 3.05) is 19.7 Å². The molecular formula is C18H24Cl2N2O3. The van der Waals surface area contributed by atoms with Gasteiger partial charge < -0.3 is 15.0 Å². The van der Waals surface area contributed by atoms with E-state index in [4.69, 9.17) is 27.9 Å². The Morgan fingerprint density at radius 3 is 2.68 bits per heavy atom. The van der Waals surface area contributed by atoms with Gasteiger partial charge in [-0.1, -0.05) is 37.0 Å². The predicted molar refractivity (Wildman–Crippen MR) is 99.2 cm³/mol. The number of benzene rings is 1. The van der Waals surface area contributed by atoms with E-state index in [9.17, 15) is 9.59 Å². The Hall–Kier alpha value is -1.30. The smallest absolute Gasteiger partial charge is 0.253 e. The van der Waals surface area contributed by atoms with Crippen LogP contribution in [-0.4, -0.2) is 48.6 Å². The third-order valence-electron chi connectivity index (χ3n) is 4.04. The molecule has 1 aliphatic rings. The van der Waals surface area contributed by atoms with Gasteiger partial charge in [0.15, 0.2) is 0 Å². The Labute approximate surface area is 158 Å². The number of nitrogens with one attached hydrogen (secondary N) is 1. The molecule has 2 atom stereocenters. The van der Waals surface area contributed by atoms with Crippen molar-refractivity contribution in [3.8, 4) is 0 Å². The van der Waals surface area contributed by atoms with Crippen molar-refractivity contribution in [2.45, 2.75) is 39.3 Å². The second kappa shape index (κ2) is 8.88. The standard InChI is InChI=1S/C18H24Cl2N2O3/c1-11(2)8-16(18(24)22-6-7-25-12(3)10-22)21-17(23)14-5-4-13(19)9-15(14)20/h4-5,9,11-12,16H,6-8,10H2,1-3H3,(H,21,23). The largest absolute Gasteiger partial charge is 0.375 e. The molecule has 1 N–H and O–H groups in total. The number of hydrogen-bond acceptors (Lipinski definition) is 3. The summed E-state index contributed by atoms with van der Waals surface area (Å²) in [6.07, 6.45) is 0.556. The molecule has 0 spiro atoms. The van der Waals surface area contributed by atoms with E-state index in [0.29, 0.717) is 36.7 Å². The van der Waals surface area contributed by atoms with Crippen molar-refractivity contribution in [1.82, 2.24) is 10.2 Å². The molecule has 0 bridgehead atoms. The Bertz CT molecular complexity index is 637. The zero-order valence-corrected chi connectivity index (χ0v) is 16.2. The van der Waals surface area contributed by atoms with Crippen LogP contribution in [-0.2, 0) is 9.53 Å². The van der Waals surface area contributed by atoms with Crippen molar-refractivity contribution >= 4 is 35.0 Å². The highest BCUT2D eigenvalue weighted by molar-refractivity contribution is 6.36. The number of nitrogens with zero attached hydrogens (tertiary/aromatic N) is 1. The van der Waals surface area contributed by atoms with E-state index in [2.05, 4.69) is 5.32 Å². The quantitative estimate of drug-likeness (QED) is 0.843. The molecule has 0 aromatic heterocycles. The third-order valence-corrected chi connectivity index (χ3v) is 4.59. The lowest BCUT2D eigenvalue weighted by Crippen LogP contribution is -2.53. The maximum atomic E-state index is 12.9. The minimum Gasteiger partial charge on any atom is -0.375 e. The number of halogens is 2. The first-order valence-electron chi connectivity index (χ1n) is 8.44. The minimum absolute atomic E-state index is 0.00110. The van der Waals surface area contributed by atoms with Gasteiger partial charge in [-0.05, 0) is 37.5 Å². The van der Waals surface area contributed by atoms with E-state index in [0.717, 1.165) is 0 Å². The molecular weight excluding hydrogens is 363 g/mol. The molecule has 138 valence electrons. The number of morpholine rings is 1. The van der Waals surface area contributed by atoms with Crippen LogP contribution in [0.15, 0.2) is 18.2 Å². The molecule has 0 aliphatic carbocycles. The third kappa shape index (κ3) is 5.59. The van der Waals surface area contributed by atoms with Gasteiger partial charge in [0.2, 0.25) is 5.91 Å². The van der Waals surface area contributed by atoms with Gasteiger partial charge in [0.1, 0.15) is 6.04 Å². The summed E-state index contributed by atoms with van der Waals surface area (Å²) in [5, 5.41) is 3.56. The van der Waals surface area contributed by atoms with Gasteiger partial charge >= 0.3 is 0 Å². The highest BCUT2D eigenvalue weighted by Gasteiger charge is 2.30. The van der Waals surface area contributed by atoms with E-state index in [1.807, 2.05) is 20.8 Å². The topological polar surface area (TPSA) is 58.6 Å². The van der Waals surface area contributed by atoms with Crippen LogP contribution in [0.25, 0.3) is 0 Å². The van der Waals surface area contributed by atoms with Crippen LogP contribution in [0.1, 0.15) is 37.6 Å². The lowest BCUT2D eigenvalue weighted by molar-refractivity contribution is -0.140. The summed E-state index contributed by atoms with van der Waals surface area (Å²) < 4.78 is 5.49. The Morgan fingerprint density at radius 2 is 2.08 bits per heavy atom. The van der Waals surface area contributed by atoms with Crippen LogP contribution in [0.2, 0.25) is 10.0 Å². The van der Waals surface area contributed by atoms with Crippen LogP contribution >= 0.6 is 23.2 Å². The highest BCUT2D eigenvalue weighted by Crippen LogP contribution is 2.21. The Morgan fingerprint density at radius 1 is 1.36 bits per heavy atom. The highest BCUT2D eigenvalue weighted by atomic mass is 35.5. The summed E-state index contributed by atoms with van der Waals surface area (Å²) in [5.74, 6) is -0.197. The zero-order chi connectivity index (χ0) is 18.6. The first-order valence-corrected chi connectivity index (χ1v) is 9.19. The summed E-state index contributed by atoms with van der Waals surface area (Å²) in [5.41, 5.74) is 0.308. The van der Waals surface area contributed by atoms with Gasteiger partial charge in [0.05, 0.1) is 23.3 Å². The average Bonchev–Trinajstić information content (AvgIpc) is 2.53. The fourth-order valence-corrected chi connectivity index (χ4v) is 3.34. The van der Waals surface area contributed by atoms with Crippen molar-refractivity contribution < 1.29 is 14.3 Å². The molecule has 7 heteroatoms. The van der Waals surface area contributed by atoms with Crippen molar-refractivity contribution in [3.63, 3.8) is 0 Å². The molecule has 1 aromatic rings. The Kier molecular flexibility index (Phi) is 7.11. The molecule has 2 rings (SSSR count). The molecule has 1 aromatic carbocycles. The summed E-state index contributed by atoms with van der Waals surface area (Å²) in [4.78, 5) is 27.2. The summed E-state index contributed by atoms with van der Waals surface area (Å²) in [6, 6.07) is 4.09. The maximum Gasteiger partial charge on any atom is 0.253 e. The van der Waals surface area contributed by atoms with Crippen LogP contribution in [0.4, 0.5) is 0 Å². The van der Waals surface area contributed by atoms with E-state index in [1.165, 1.54) is 6.07 Å². The zero-order valence-electron chi connectivity index (χ0n) is 14.7. The fraction of sp³-hybridized carbons (Fsp3) is 0.556. The van der Waals surface area contributed by atoms with E-state index >= 15 is 0 Å². The number of carbonyl (C=O) groups excluding carboxylic acids is 2. The molecule has 5 nitrogen and oxygen atoms in total. The summed E-state index contributed by atoms with van der Waals surface area (Å²) in [7, 11) is 0. The minimum atomic E-state index is -0.593. The molecule has 25 heavy (non-hydrogen) atoms. The average molecular weight is 387 g/mol. The van der Waals surface area contributed by atoms with Crippen LogP contribution in [0.3, 0.4) is 0 Å². The summed E-state index contributed by atoms with van der Waals surface area (Å²) in [6.45, 7) is 7.55. The number of rotatable bonds is 5. The van der Waals surface area contributed by atoms with Crippen molar-refractivity contribution in [3.05, 3.63) is 33.8 Å². The first-order chi connectivity index (χ1) is 11.8. The van der Waals surface area contributed by atoms with Crippen molar-refractivity contribution in [2.24, 2.45) is 5.92 Å². The van der Waals surface area contributed by atoms with E-state index in [1.54, 1.807) is 17.0 Å². The lowest BCUT2D eigenvalue weighted by atomic mass is 10.0. The first kappa shape index (κ1) is 20.0. The van der Waals surface area contributed by atoms with Crippen LogP contribution in [0, 0.1) is 5.92 Å². The number of amides is 2. The van der Waals surface area contributed by atoms with Gasteiger partial charge in [-0.25, -0.2) is 0 Å².